The monoisotopic (exact) mass is 635 g/mol. The van der Waals surface area contributed by atoms with Crippen LogP contribution in [0.4, 0.5) is 28.7 Å². The fourth-order valence-electron chi connectivity index (χ4n) is 3.98. The molecule has 3 aromatic carbocycles. The number of likely N-dealkylation sites (N-methyl/N-ethyl adjacent to an activating group) is 1. The minimum atomic E-state index is -0.445. The molecule has 43 heavy (non-hydrogen) atoms. The third-order valence-corrected chi connectivity index (χ3v) is 7.91. The van der Waals surface area contributed by atoms with Crippen LogP contribution in [0.25, 0.3) is 0 Å². The van der Waals surface area contributed by atoms with Crippen LogP contribution in [0.2, 0.25) is 5.02 Å². The van der Waals surface area contributed by atoms with Gasteiger partial charge in [0.05, 0.1) is 16.1 Å². The van der Waals surface area contributed by atoms with Crippen LogP contribution in [-0.2, 0) is 4.79 Å². The maximum Gasteiger partial charge on any atom is 0.270 e. The van der Waals surface area contributed by atoms with Gasteiger partial charge in [0.25, 0.3) is 5.69 Å². The fourth-order valence-corrected chi connectivity index (χ4v) is 5.24. The average molecular weight is 636 g/mol. The van der Waals surface area contributed by atoms with E-state index in [2.05, 4.69) is 68.8 Å². The van der Waals surface area contributed by atoms with Crippen molar-refractivity contribution in [1.29, 1.82) is 0 Å². The molecule has 0 spiro atoms. The van der Waals surface area contributed by atoms with E-state index in [0.29, 0.717) is 26.6 Å². The van der Waals surface area contributed by atoms with E-state index in [4.69, 9.17) is 11.6 Å². The highest BCUT2D eigenvalue weighted by atomic mass is 35.5. The summed E-state index contributed by atoms with van der Waals surface area (Å²) in [5.41, 5.74) is 2.87. The maximum atomic E-state index is 11.6. The van der Waals surface area contributed by atoms with Crippen LogP contribution in [0, 0.1) is 10.1 Å². The van der Waals surface area contributed by atoms with E-state index in [9.17, 15) is 14.9 Å². The van der Waals surface area contributed by atoms with Crippen molar-refractivity contribution in [3.05, 3.63) is 107 Å². The second-order valence-corrected chi connectivity index (χ2v) is 11.4. The minimum Gasteiger partial charge on any atom is -0.369 e. The number of nitro benzene ring substituents is 1. The molecule has 1 fully saturated rings. The number of nitrogens with one attached hydrogen (secondary N) is 2. The number of nitro groups is 1. The number of carbonyl (C=O) groups is 1. The molecule has 1 saturated heterocycles. The van der Waals surface area contributed by atoms with Crippen molar-refractivity contribution in [3.8, 4) is 0 Å². The number of thiol groups is 1. The van der Waals surface area contributed by atoms with Gasteiger partial charge in [0.1, 0.15) is 5.03 Å². The Kier molecular flexibility index (Phi) is 11.4. The molecule has 1 aliphatic heterocycles. The number of anilines is 4. The zero-order valence-electron chi connectivity index (χ0n) is 23.3. The summed E-state index contributed by atoms with van der Waals surface area (Å²) in [6, 6.07) is 21.9. The van der Waals surface area contributed by atoms with Crippen LogP contribution in [0.1, 0.15) is 0 Å². The van der Waals surface area contributed by atoms with Crippen molar-refractivity contribution >= 4 is 70.6 Å². The number of aromatic nitrogens is 2. The Labute approximate surface area is 264 Å². The van der Waals surface area contributed by atoms with Crippen LogP contribution < -0.4 is 15.5 Å². The smallest absolute Gasteiger partial charge is 0.270 e. The number of amides is 1. The van der Waals surface area contributed by atoms with Crippen LogP contribution in [0.3, 0.4) is 0 Å². The molecule has 0 aliphatic carbocycles. The van der Waals surface area contributed by atoms with E-state index in [0.717, 1.165) is 36.8 Å². The lowest BCUT2D eigenvalue weighted by Crippen LogP contribution is -2.44. The van der Waals surface area contributed by atoms with E-state index in [1.54, 1.807) is 18.3 Å². The largest absolute Gasteiger partial charge is 0.369 e. The van der Waals surface area contributed by atoms with Gasteiger partial charge in [-0.15, -0.1) is 12.6 Å². The topological polar surface area (TPSA) is 117 Å². The Morgan fingerprint density at radius 3 is 2.44 bits per heavy atom. The summed E-state index contributed by atoms with van der Waals surface area (Å²) in [6.45, 7) is 7.68. The Morgan fingerprint density at radius 1 is 1.07 bits per heavy atom. The molecular weight excluding hydrogens is 606 g/mol. The summed E-state index contributed by atoms with van der Waals surface area (Å²) in [6.07, 6.45) is 2.82. The predicted octanol–water partition coefficient (Wildman–Crippen LogP) is 6.78. The highest BCUT2D eigenvalue weighted by molar-refractivity contribution is 7.99. The molecule has 5 rings (SSSR count). The summed E-state index contributed by atoms with van der Waals surface area (Å²) in [5.74, 6) is 0.202. The molecule has 222 valence electrons. The third kappa shape index (κ3) is 9.72. The van der Waals surface area contributed by atoms with E-state index in [1.807, 2.05) is 36.4 Å². The van der Waals surface area contributed by atoms with Gasteiger partial charge in [-0.1, -0.05) is 42.1 Å². The lowest BCUT2D eigenvalue weighted by atomic mass is 10.2. The van der Waals surface area contributed by atoms with Crippen molar-refractivity contribution in [3.63, 3.8) is 0 Å². The Hall–Kier alpha value is -4.10. The van der Waals surface area contributed by atoms with Gasteiger partial charge in [-0.3, -0.25) is 14.9 Å². The quantitative estimate of drug-likeness (QED) is 0.0633. The first kappa shape index (κ1) is 31.8. The number of nitrogens with zero attached hydrogens (tertiary/aromatic N) is 5. The molecule has 1 amide bonds. The lowest BCUT2D eigenvalue weighted by Gasteiger charge is -2.34. The number of non-ortho nitro benzene ring substituents is 1. The zero-order chi connectivity index (χ0) is 30.8. The average Bonchev–Trinajstić information content (AvgIpc) is 3.00. The van der Waals surface area contributed by atoms with Crippen LogP contribution >= 0.6 is 36.0 Å². The van der Waals surface area contributed by atoms with Crippen molar-refractivity contribution in [2.45, 2.75) is 14.8 Å². The first-order valence-corrected chi connectivity index (χ1v) is 14.8. The Balaban J connectivity index is 0.000000359. The molecule has 1 aromatic heterocycles. The summed E-state index contributed by atoms with van der Waals surface area (Å²) < 4.78 is 0. The first-order valence-electron chi connectivity index (χ1n) is 13.2. The molecule has 2 heterocycles. The molecule has 13 heteroatoms. The van der Waals surface area contributed by atoms with E-state index < -0.39 is 4.92 Å². The lowest BCUT2D eigenvalue weighted by molar-refractivity contribution is -0.385. The zero-order valence-corrected chi connectivity index (χ0v) is 25.8. The van der Waals surface area contributed by atoms with Gasteiger partial charge < -0.3 is 20.4 Å². The number of halogens is 1. The normalized spacial score (nSPS) is 13.0. The van der Waals surface area contributed by atoms with Crippen LogP contribution in [-0.4, -0.2) is 58.9 Å². The number of carbonyl (C=O) groups excluding carboxylic acids is 1. The van der Waals surface area contributed by atoms with Crippen molar-refractivity contribution in [2.75, 3.05) is 48.8 Å². The summed E-state index contributed by atoms with van der Waals surface area (Å²) in [5, 5.41) is 17.2. The van der Waals surface area contributed by atoms with Crippen molar-refractivity contribution in [1.82, 2.24) is 14.9 Å². The van der Waals surface area contributed by atoms with Crippen molar-refractivity contribution in [2.24, 2.45) is 0 Å². The standard InChI is InChI=1S/C24H25ClN6OS.C6H5NO2S/c1-3-22(32)27-18-5-4-6-20(15-18)33-23-21(25)16-26-24(29-23)28-17-7-9-19(10-8-17)31-13-11-30(2)12-14-31;8-7(9)5-2-1-3-6(10)4-5/h3-10,15-16H,1,11-14H2,2H3,(H,27,32)(H,26,28,29);1-4,10H. The second-order valence-electron chi connectivity index (χ2n) is 9.41. The van der Waals surface area contributed by atoms with E-state index in [1.165, 1.54) is 35.7 Å². The number of hydrogen-bond donors (Lipinski definition) is 3. The Bertz CT molecular complexity index is 1580. The summed E-state index contributed by atoms with van der Waals surface area (Å²) in [7, 11) is 2.15. The van der Waals surface area contributed by atoms with Gasteiger partial charge in [0.2, 0.25) is 11.9 Å². The summed E-state index contributed by atoms with van der Waals surface area (Å²) >= 11 is 11.7. The van der Waals surface area contributed by atoms with Gasteiger partial charge >= 0.3 is 0 Å². The number of benzene rings is 3. The van der Waals surface area contributed by atoms with Crippen LogP contribution in [0.5, 0.6) is 0 Å². The van der Waals surface area contributed by atoms with E-state index >= 15 is 0 Å². The second kappa shape index (κ2) is 15.4. The number of rotatable bonds is 8. The first-order chi connectivity index (χ1) is 20.7. The maximum absolute atomic E-state index is 11.6. The number of hydrogen-bond acceptors (Lipinski definition) is 10. The molecule has 2 N–H and O–H groups in total. The number of piperazine rings is 1. The highest BCUT2D eigenvalue weighted by Gasteiger charge is 2.14. The highest BCUT2D eigenvalue weighted by Crippen LogP contribution is 2.33. The minimum absolute atomic E-state index is 0.0764. The molecule has 0 radical (unpaired) electrons. The molecule has 0 atom stereocenters. The molecule has 0 bridgehead atoms. The van der Waals surface area contributed by atoms with Gasteiger partial charge in [-0.25, -0.2) is 9.97 Å². The molecule has 4 aromatic rings. The van der Waals surface area contributed by atoms with E-state index in [-0.39, 0.29) is 11.6 Å². The SMILES string of the molecule is C=CC(=O)Nc1cccc(Sc2nc(Nc3ccc(N4CCN(C)CC4)cc3)ncc2Cl)c1.O=[N+]([O-])c1cccc(S)c1. The third-order valence-electron chi connectivity index (χ3n) is 6.25. The molecular formula is C30H30ClN7O3S2. The fraction of sp³-hybridized carbons (Fsp3) is 0.167. The van der Waals surface area contributed by atoms with Gasteiger partial charge in [-0.05, 0) is 61.7 Å². The molecule has 1 aliphatic rings. The van der Waals surface area contributed by atoms with Gasteiger partial charge in [0.15, 0.2) is 0 Å². The predicted molar refractivity (Wildman–Crippen MR) is 176 cm³/mol. The summed E-state index contributed by atoms with van der Waals surface area (Å²) in [4.78, 5) is 36.4. The molecule has 0 saturated carbocycles. The van der Waals surface area contributed by atoms with Gasteiger partial charge in [-0.2, -0.15) is 0 Å². The Morgan fingerprint density at radius 2 is 1.79 bits per heavy atom. The molecule has 10 nitrogen and oxygen atoms in total. The van der Waals surface area contributed by atoms with Crippen molar-refractivity contribution < 1.29 is 9.72 Å². The van der Waals surface area contributed by atoms with Crippen LogP contribution in [0.15, 0.2) is 106 Å². The molecule has 0 unspecified atom stereocenters. The van der Waals surface area contributed by atoms with Gasteiger partial charge in [0, 0.05) is 65.2 Å².